The molecular weight excluding hydrogens is 310 g/mol. The van der Waals surface area contributed by atoms with Gasteiger partial charge >= 0.3 is 0 Å². The zero-order chi connectivity index (χ0) is 15.6. The molecule has 3 heterocycles. The number of fused-ring (bicyclic) bond motifs is 1. The molecule has 6 heteroatoms. The number of amides is 1. The third kappa shape index (κ3) is 3.00. The zero-order valence-electron chi connectivity index (χ0n) is 12.6. The Kier molecular flexibility index (Phi) is 3.85. The highest BCUT2D eigenvalue weighted by Gasteiger charge is 2.21. The van der Waals surface area contributed by atoms with Gasteiger partial charge in [-0.1, -0.05) is 12.1 Å². The van der Waals surface area contributed by atoms with Crippen LogP contribution in [0.3, 0.4) is 0 Å². The second kappa shape index (κ2) is 6.14. The molecule has 4 rings (SSSR count). The van der Waals surface area contributed by atoms with Crippen LogP contribution >= 0.6 is 11.3 Å². The minimum absolute atomic E-state index is 0.0587. The predicted octanol–water partition coefficient (Wildman–Crippen LogP) is 3.43. The predicted molar refractivity (Wildman–Crippen MR) is 90.7 cm³/mol. The zero-order valence-corrected chi connectivity index (χ0v) is 13.4. The summed E-state index contributed by atoms with van der Waals surface area (Å²) in [6.45, 7) is 1.35. The first-order chi connectivity index (χ1) is 11.3. The number of rotatable bonds is 3. The van der Waals surface area contributed by atoms with Crippen LogP contribution in [0.25, 0.3) is 16.2 Å². The third-order valence-corrected chi connectivity index (χ3v) is 4.90. The highest BCUT2D eigenvalue weighted by atomic mass is 32.1. The summed E-state index contributed by atoms with van der Waals surface area (Å²) < 4.78 is 7.31. The van der Waals surface area contributed by atoms with Crippen LogP contribution in [0.5, 0.6) is 0 Å². The summed E-state index contributed by atoms with van der Waals surface area (Å²) in [6.07, 6.45) is 5.62. The number of aromatic nitrogens is 2. The Morgan fingerprint density at radius 3 is 2.78 bits per heavy atom. The lowest BCUT2D eigenvalue weighted by Crippen LogP contribution is -2.28. The molecule has 1 N–H and O–H groups in total. The molecule has 1 aromatic carbocycles. The number of hydrogen-bond donors (Lipinski definition) is 1. The second-order valence-corrected chi connectivity index (χ2v) is 6.55. The fourth-order valence-corrected chi connectivity index (χ4v) is 3.50. The molecule has 2 aromatic heterocycles. The number of carbonyl (C=O) groups is 1. The Bertz CT molecular complexity index is 787. The van der Waals surface area contributed by atoms with E-state index in [2.05, 4.69) is 10.3 Å². The van der Waals surface area contributed by atoms with Crippen molar-refractivity contribution in [3.63, 3.8) is 0 Å². The van der Waals surface area contributed by atoms with Gasteiger partial charge in [0.1, 0.15) is 0 Å². The van der Waals surface area contributed by atoms with Crippen LogP contribution in [0, 0.1) is 5.92 Å². The molecule has 118 valence electrons. The van der Waals surface area contributed by atoms with Crippen molar-refractivity contribution < 1.29 is 9.53 Å². The van der Waals surface area contributed by atoms with Crippen molar-refractivity contribution in [2.24, 2.45) is 5.92 Å². The molecule has 0 saturated carbocycles. The summed E-state index contributed by atoms with van der Waals surface area (Å²) in [7, 11) is 0. The summed E-state index contributed by atoms with van der Waals surface area (Å²) in [5.74, 6) is 0.145. The van der Waals surface area contributed by atoms with Gasteiger partial charge in [-0.2, -0.15) is 0 Å². The Labute approximate surface area is 137 Å². The van der Waals surface area contributed by atoms with Crippen molar-refractivity contribution in [1.82, 2.24) is 9.38 Å². The maximum atomic E-state index is 12.2. The van der Waals surface area contributed by atoms with Crippen LogP contribution in [-0.2, 0) is 9.53 Å². The van der Waals surface area contributed by atoms with Gasteiger partial charge in [-0.15, -0.1) is 11.3 Å². The van der Waals surface area contributed by atoms with Gasteiger partial charge in [0.05, 0.1) is 5.69 Å². The molecule has 0 radical (unpaired) electrons. The fraction of sp³-hybridized carbons (Fsp3) is 0.294. The van der Waals surface area contributed by atoms with Crippen LogP contribution in [0.15, 0.2) is 42.0 Å². The Morgan fingerprint density at radius 1 is 1.26 bits per heavy atom. The lowest BCUT2D eigenvalue weighted by molar-refractivity contribution is -0.122. The molecule has 0 atom stereocenters. The number of benzene rings is 1. The van der Waals surface area contributed by atoms with E-state index in [0.717, 1.165) is 34.7 Å². The van der Waals surface area contributed by atoms with E-state index in [9.17, 15) is 4.79 Å². The molecule has 1 aliphatic rings. The number of carbonyl (C=O) groups excluding carboxylic acids is 1. The van der Waals surface area contributed by atoms with Gasteiger partial charge in [0.2, 0.25) is 5.91 Å². The molecule has 23 heavy (non-hydrogen) atoms. The third-order valence-electron chi connectivity index (χ3n) is 4.13. The van der Waals surface area contributed by atoms with Gasteiger partial charge < -0.3 is 10.1 Å². The molecule has 0 bridgehead atoms. The van der Waals surface area contributed by atoms with E-state index in [1.807, 2.05) is 46.4 Å². The normalized spacial score (nSPS) is 15.8. The lowest BCUT2D eigenvalue weighted by atomic mass is 9.99. The highest BCUT2D eigenvalue weighted by molar-refractivity contribution is 7.15. The van der Waals surface area contributed by atoms with E-state index in [1.165, 1.54) is 0 Å². The minimum Gasteiger partial charge on any atom is -0.381 e. The molecule has 0 spiro atoms. The molecule has 5 nitrogen and oxygen atoms in total. The van der Waals surface area contributed by atoms with Gasteiger partial charge in [0, 0.05) is 48.2 Å². The number of nitrogens with one attached hydrogen (secondary N) is 1. The topological polar surface area (TPSA) is 55.6 Å². The quantitative estimate of drug-likeness (QED) is 0.802. The number of nitrogens with zero attached hydrogens (tertiary/aromatic N) is 2. The van der Waals surface area contributed by atoms with Crippen LogP contribution in [0.4, 0.5) is 5.69 Å². The maximum Gasteiger partial charge on any atom is 0.227 e. The first-order valence-corrected chi connectivity index (χ1v) is 8.59. The van der Waals surface area contributed by atoms with Gasteiger partial charge in [0.15, 0.2) is 4.96 Å². The fourth-order valence-electron chi connectivity index (χ4n) is 2.79. The van der Waals surface area contributed by atoms with Crippen LogP contribution in [0.2, 0.25) is 0 Å². The average molecular weight is 327 g/mol. The van der Waals surface area contributed by atoms with E-state index >= 15 is 0 Å². The molecule has 0 aliphatic carbocycles. The van der Waals surface area contributed by atoms with Gasteiger partial charge in [-0.3, -0.25) is 9.20 Å². The van der Waals surface area contributed by atoms with Gasteiger partial charge in [-0.05, 0) is 25.0 Å². The number of anilines is 1. The van der Waals surface area contributed by atoms with Crippen LogP contribution in [-0.4, -0.2) is 28.5 Å². The molecule has 1 amide bonds. The summed E-state index contributed by atoms with van der Waals surface area (Å²) in [6, 6.07) is 7.85. The highest BCUT2D eigenvalue weighted by Crippen LogP contribution is 2.24. The minimum atomic E-state index is 0.0587. The SMILES string of the molecule is O=C(Nc1ccc(-c2cn3ccsc3n2)cc1)C1CCOCC1. The summed E-state index contributed by atoms with van der Waals surface area (Å²) >= 11 is 1.61. The second-order valence-electron chi connectivity index (χ2n) is 5.67. The maximum absolute atomic E-state index is 12.2. The van der Waals surface area contributed by atoms with Crippen molar-refractivity contribution in [2.45, 2.75) is 12.8 Å². The molecule has 1 aliphatic heterocycles. The van der Waals surface area contributed by atoms with Gasteiger partial charge in [0.25, 0.3) is 0 Å². The monoisotopic (exact) mass is 327 g/mol. The van der Waals surface area contributed by atoms with Gasteiger partial charge in [-0.25, -0.2) is 4.98 Å². The summed E-state index contributed by atoms with van der Waals surface area (Å²) in [5.41, 5.74) is 2.82. The molecule has 1 fully saturated rings. The largest absolute Gasteiger partial charge is 0.381 e. The number of thiazole rings is 1. The Morgan fingerprint density at radius 2 is 2.04 bits per heavy atom. The standard InChI is InChI=1S/C17H17N3O2S/c21-16(13-5-8-22-9-6-13)18-14-3-1-12(2-4-14)15-11-20-7-10-23-17(20)19-15/h1-4,7,10-11,13H,5-6,8-9H2,(H,18,21). The van der Waals surface area contributed by atoms with Crippen LogP contribution in [0.1, 0.15) is 12.8 Å². The number of ether oxygens (including phenoxy) is 1. The first kappa shape index (κ1) is 14.4. The summed E-state index contributed by atoms with van der Waals surface area (Å²) in [4.78, 5) is 17.8. The van der Waals surface area contributed by atoms with E-state index in [0.29, 0.717) is 13.2 Å². The van der Waals surface area contributed by atoms with Crippen molar-refractivity contribution in [1.29, 1.82) is 0 Å². The number of imidazole rings is 1. The first-order valence-electron chi connectivity index (χ1n) is 7.71. The summed E-state index contributed by atoms with van der Waals surface area (Å²) in [5, 5.41) is 5.01. The molecule has 0 unspecified atom stereocenters. The van der Waals surface area contributed by atoms with Crippen molar-refractivity contribution >= 4 is 27.9 Å². The number of hydrogen-bond acceptors (Lipinski definition) is 4. The van der Waals surface area contributed by atoms with E-state index in [-0.39, 0.29) is 11.8 Å². The smallest absolute Gasteiger partial charge is 0.227 e. The van der Waals surface area contributed by atoms with Crippen molar-refractivity contribution in [3.05, 3.63) is 42.0 Å². The van der Waals surface area contributed by atoms with Crippen molar-refractivity contribution in [3.8, 4) is 11.3 Å². The molecule has 1 saturated heterocycles. The Hall–Kier alpha value is -2.18. The van der Waals surface area contributed by atoms with E-state index in [4.69, 9.17) is 4.74 Å². The average Bonchev–Trinajstić information content (AvgIpc) is 3.18. The van der Waals surface area contributed by atoms with E-state index < -0.39 is 0 Å². The Balaban J connectivity index is 1.47. The lowest BCUT2D eigenvalue weighted by Gasteiger charge is -2.21. The molecular formula is C17H17N3O2S. The van der Waals surface area contributed by atoms with E-state index in [1.54, 1.807) is 11.3 Å². The van der Waals surface area contributed by atoms with Crippen molar-refractivity contribution in [2.75, 3.05) is 18.5 Å². The van der Waals surface area contributed by atoms with Crippen LogP contribution < -0.4 is 5.32 Å². The molecule has 3 aromatic rings.